The van der Waals surface area contributed by atoms with Crippen LogP contribution in [0, 0.1) is 0 Å². The summed E-state index contributed by atoms with van der Waals surface area (Å²) in [5.41, 5.74) is 0.936. The van der Waals surface area contributed by atoms with Gasteiger partial charge < -0.3 is 9.32 Å². The zero-order valence-electron chi connectivity index (χ0n) is 12.4. The van der Waals surface area contributed by atoms with Crippen molar-refractivity contribution in [2.45, 2.75) is 32.1 Å². The molecule has 1 aromatic heterocycles. The number of amides is 1. The molecule has 0 bridgehead atoms. The molecule has 0 unspecified atom stereocenters. The second kappa shape index (κ2) is 6.97. The molecule has 5 heteroatoms. The molecule has 0 saturated carbocycles. The Hall–Kier alpha value is -1.81. The first kappa shape index (κ1) is 15.1. The predicted molar refractivity (Wildman–Crippen MR) is 85.7 cm³/mol. The van der Waals surface area contributed by atoms with Crippen LogP contribution in [-0.2, 0) is 11.2 Å². The van der Waals surface area contributed by atoms with Gasteiger partial charge in [0.2, 0.25) is 5.91 Å². The average molecular weight is 319 g/mol. The fourth-order valence-corrected chi connectivity index (χ4v) is 2.81. The van der Waals surface area contributed by atoms with E-state index in [1.165, 1.54) is 6.42 Å². The minimum absolute atomic E-state index is 0.200. The van der Waals surface area contributed by atoms with E-state index in [1.54, 1.807) is 6.20 Å². The predicted octanol–water partition coefficient (Wildman–Crippen LogP) is 3.94. The summed E-state index contributed by atoms with van der Waals surface area (Å²) in [4.78, 5) is 18.3. The van der Waals surface area contributed by atoms with Crippen molar-refractivity contribution in [2.75, 3.05) is 13.1 Å². The quantitative estimate of drug-likeness (QED) is 0.857. The van der Waals surface area contributed by atoms with E-state index in [0.29, 0.717) is 29.5 Å². The van der Waals surface area contributed by atoms with Crippen molar-refractivity contribution in [1.29, 1.82) is 0 Å². The Morgan fingerprint density at radius 1 is 1.18 bits per heavy atom. The lowest BCUT2D eigenvalue weighted by Gasteiger charge is -2.26. The molecule has 0 spiro atoms. The molecule has 1 aliphatic heterocycles. The van der Waals surface area contributed by atoms with Crippen LogP contribution in [0.15, 0.2) is 34.9 Å². The number of hydrogen-bond donors (Lipinski definition) is 0. The third kappa shape index (κ3) is 3.69. The number of hydrogen-bond acceptors (Lipinski definition) is 3. The molecule has 1 saturated heterocycles. The maximum Gasteiger partial charge on any atom is 0.223 e. The van der Waals surface area contributed by atoms with Gasteiger partial charge in [-0.1, -0.05) is 11.6 Å². The molecule has 116 valence electrons. The first-order chi connectivity index (χ1) is 10.7. The van der Waals surface area contributed by atoms with Gasteiger partial charge in [0.05, 0.1) is 6.20 Å². The normalized spacial score (nSPS) is 15.0. The summed E-state index contributed by atoms with van der Waals surface area (Å²) in [7, 11) is 0. The molecule has 1 aliphatic rings. The molecule has 0 radical (unpaired) electrons. The SMILES string of the molecule is O=C(CCc1ncc(-c2ccc(Cl)cc2)o1)N1CCCCC1. The van der Waals surface area contributed by atoms with Crippen molar-refractivity contribution >= 4 is 17.5 Å². The molecule has 0 atom stereocenters. The van der Waals surface area contributed by atoms with Crippen LogP contribution in [0.2, 0.25) is 5.02 Å². The highest BCUT2D eigenvalue weighted by molar-refractivity contribution is 6.30. The monoisotopic (exact) mass is 318 g/mol. The lowest BCUT2D eigenvalue weighted by atomic mass is 10.1. The first-order valence-corrected chi connectivity index (χ1v) is 8.08. The van der Waals surface area contributed by atoms with Gasteiger partial charge in [-0.05, 0) is 43.5 Å². The van der Waals surface area contributed by atoms with Crippen LogP contribution < -0.4 is 0 Å². The lowest BCUT2D eigenvalue weighted by molar-refractivity contribution is -0.132. The van der Waals surface area contributed by atoms with E-state index in [2.05, 4.69) is 4.98 Å². The molecule has 2 aromatic rings. The summed E-state index contributed by atoms with van der Waals surface area (Å²) in [6, 6.07) is 7.43. The van der Waals surface area contributed by atoms with Gasteiger partial charge in [0.25, 0.3) is 0 Å². The van der Waals surface area contributed by atoms with Crippen LogP contribution >= 0.6 is 11.6 Å². The van der Waals surface area contributed by atoms with E-state index >= 15 is 0 Å². The van der Waals surface area contributed by atoms with Crippen LogP contribution in [0.25, 0.3) is 11.3 Å². The van der Waals surface area contributed by atoms with Crippen LogP contribution in [-0.4, -0.2) is 28.9 Å². The summed E-state index contributed by atoms with van der Waals surface area (Å²) in [5.74, 6) is 1.51. The summed E-state index contributed by atoms with van der Waals surface area (Å²) < 4.78 is 5.72. The Balaban J connectivity index is 1.57. The van der Waals surface area contributed by atoms with Crippen LogP contribution in [0.5, 0.6) is 0 Å². The maximum atomic E-state index is 12.1. The van der Waals surface area contributed by atoms with Crippen molar-refractivity contribution in [3.8, 4) is 11.3 Å². The van der Waals surface area contributed by atoms with Gasteiger partial charge in [0, 0.05) is 36.5 Å². The second-order valence-corrected chi connectivity index (χ2v) is 6.00. The average Bonchev–Trinajstić information content (AvgIpc) is 3.03. The number of benzene rings is 1. The van der Waals surface area contributed by atoms with Crippen LogP contribution in [0.3, 0.4) is 0 Å². The van der Waals surface area contributed by atoms with Gasteiger partial charge >= 0.3 is 0 Å². The Labute approximate surface area is 135 Å². The van der Waals surface area contributed by atoms with Crippen molar-refractivity contribution in [3.05, 3.63) is 41.4 Å². The molecular weight excluding hydrogens is 300 g/mol. The van der Waals surface area contributed by atoms with Gasteiger partial charge in [0.1, 0.15) is 0 Å². The molecule has 1 fully saturated rings. The van der Waals surface area contributed by atoms with Gasteiger partial charge in [-0.15, -0.1) is 0 Å². The van der Waals surface area contributed by atoms with E-state index in [1.807, 2.05) is 29.2 Å². The molecule has 0 N–H and O–H groups in total. The number of piperidine rings is 1. The minimum Gasteiger partial charge on any atom is -0.441 e. The zero-order valence-corrected chi connectivity index (χ0v) is 13.2. The number of nitrogens with zero attached hydrogens (tertiary/aromatic N) is 2. The molecular formula is C17H19ClN2O2. The molecule has 1 amide bonds. The standard InChI is InChI=1S/C17H19ClN2O2/c18-14-6-4-13(5-7-14)15-12-19-16(22-15)8-9-17(21)20-10-2-1-3-11-20/h4-7,12H,1-3,8-11H2. The number of aryl methyl sites for hydroxylation is 1. The Morgan fingerprint density at radius 3 is 2.64 bits per heavy atom. The van der Waals surface area contributed by atoms with E-state index in [4.69, 9.17) is 16.0 Å². The van der Waals surface area contributed by atoms with Crippen LogP contribution in [0.1, 0.15) is 31.6 Å². The largest absolute Gasteiger partial charge is 0.441 e. The summed E-state index contributed by atoms with van der Waals surface area (Å²) in [6.45, 7) is 1.78. The van der Waals surface area contributed by atoms with Gasteiger partial charge in [-0.25, -0.2) is 4.98 Å². The lowest BCUT2D eigenvalue weighted by Crippen LogP contribution is -2.35. The van der Waals surface area contributed by atoms with E-state index in [-0.39, 0.29) is 5.91 Å². The summed E-state index contributed by atoms with van der Waals surface area (Å²) >= 11 is 5.87. The van der Waals surface area contributed by atoms with Gasteiger partial charge in [-0.3, -0.25) is 4.79 Å². The third-order valence-electron chi connectivity index (χ3n) is 3.94. The van der Waals surface area contributed by atoms with Crippen molar-refractivity contribution in [3.63, 3.8) is 0 Å². The Bertz CT molecular complexity index is 630. The highest BCUT2D eigenvalue weighted by atomic mass is 35.5. The minimum atomic E-state index is 0.200. The number of aromatic nitrogens is 1. The fraction of sp³-hybridized carbons (Fsp3) is 0.412. The molecule has 22 heavy (non-hydrogen) atoms. The van der Waals surface area contributed by atoms with Crippen molar-refractivity contribution < 1.29 is 9.21 Å². The van der Waals surface area contributed by atoms with Gasteiger partial charge in [0.15, 0.2) is 11.7 Å². The Kier molecular flexibility index (Phi) is 4.78. The van der Waals surface area contributed by atoms with E-state index < -0.39 is 0 Å². The zero-order chi connectivity index (χ0) is 15.4. The number of oxazole rings is 1. The third-order valence-corrected chi connectivity index (χ3v) is 4.20. The smallest absolute Gasteiger partial charge is 0.223 e. The summed E-state index contributed by atoms with van der Waals surface area (Å²) in [6.07, 6.45) is 6.17. The maximum absolute atomic E-state index is 12.1. The molecule has 0 aliphatic carbocycles. The Morgan fingerprint density at radius 2 is 1.91 bits per heavy atom. The number of likely N-dealkylation sites (tertiary alicyclic amines) is 1. The topological polar surface area (TPSA) is 46.3 Å². The van der Waals surface area contributed by atoms with E-state index in [9.17, 15) is 4.79 Å². The van der Waals surface area contributed by atoms with E-state index in [0.717, 1.165) is 31.5 Å². The van der Waals surface area contributed by atoms with Gasteiger partial charge in [-0.2, -0.15) is 0 Å². The number of carbonyl (C=O) groups excluding carboxylic acids is 1. The molecule has 2 heterocycles. The highest BCUT2D eigenvalue weighted by Crippen LogP contribution is 2.23. The molecule has 1 aromatic carbocycles. The van der Waals surface area contributed by atoms with Crippen LogP contribution in [0.4, 0.5) is 0 Å². The molecule has 4 nitrogen and oxygen atoms in total. The van der Waals surface area contributed by atoms with Crippen molar-refractivity contribution in [1.82, 2.24) is 9.88 Å². The number of carbonyl (C=O) groups is 1. The molecule has 3 rings (SSSR count). The second-order valence-electron chi connectivity index (χ2n) is 5.57. The number of rotatable bonds is 4. The van der Waals surface area contributed by atoms with Crippen molar-refractivity contribution in [2.24, 2.45) is 0 Å². The first-order valence-electron chi connectivity index (χ1n) is 7.71. The number of halogens is 1. The fourth-order valence-electron chi connectivity index (χ4n) is 2.69. The highest BCUT2D eigenvalue weighted by Gasteiger charge is 2.17. The summed E-state index contributed by atoms with van der Waals surface area (Å²) in [5, 5.41) is 0.690.